The third-order valence-corrected chi connectivity index (χ3v) is 11.3. The molecule has 5 aromatic carbocycles. The highest BCUT2D eigenvalue weighted by Crippen LogP contribution is 2.46. The summed E-state index contributed by atoms with van der Waals surface area (Å²) in [6.45, 7) is 1.55. The SMILES string of the molecule is C1=CC(c2ccccc2)(c2ccccc2)CC2=C1C(c1ccccc1)=NC2.C1=CC(c2ccccc2)(c2ccccc2)CC2=C1C(c1ccccn1)=NC2. The molecule has 0 unspecified atom stereocenters. The van der Waals surface area contributed by atoms with Crippen molar-refractivity contribution in [3.05, 3.63) is 256 Å². The molecule has 3 nitrogen and oxygen atoms in total. The van der Waals surface area contributed by atoms with Crippen molar-refractivity contribution in [3.8, 4) is 0 Å². The van der Waals surface area contributed by atoms with Crippen LogP contribution in [0.2, 0.25) is 0 Å². The standard InChI is InChI=1S/C26H21N.C25H20N2/c1-4-10-20(11-5-1)25-24-16-17-26(18-21(24)19-27-25,22-12-6-2-7-13-22)23-14-8-3-9-15-23;1-3-9-20(10-4-1)25(21-11-5-2-6-12-21)15-14-22-19(17-25)18-27-24(22)23-13-7-8-16-26-23/h1-17H,18-19H2;1-16H,17-18H2. The van der Waals surface area contributed by atoms with Gasteiger partial charge in [-0.05, 0) is 58.4 Å². The monoisotopic (exact) mass is 695 g/mol. The Kier molecular flexibility index (Phi) is 8.98. The van der Waals surface area contributed by atoms with Gasteiger partial charge in [-0.2, -0.15) is 0 Å². The molecule has 0 bridgehead atoms. The zero-order chi connectivity index (χ0) is 36.2. The van der Waals surface area contributed by atoms with Crippen molar-refractivity contribution in [1.29, 1.82) is 0 Å². The maximum atomic E-state index is 4.89. The summed E-state index contributed by atoms with van der Waals surface area (Å²) in [5, 5.41) is 0. The van der Waals surface area contributed by atoms with Gasteiger partial charge in [0.05, 0.1) is 30.2 Å². The number of rotatable bonds is 6. The molecule has 0 spiro atoms. The molecule has 0 saturated carbocycles. The molecule has 4 aliphatic rings. The first-order chi connectivity index (χ1) is 26.7. The van der Waals surface area contributed by atoms with Crippen LogP contribution in [0.5, 0.6) is 0 Å². The van der Waals surface area contributed by atoms with E-state index >= 15 is 0 Å². The number of allylic oxidation sites excluding steroid dienone is 6. The quantitative estimate of drug-likeness (QED) is 0.171. The van der Waals surface area contributed by atoms with Crippen molar-refractivity contribution >= 4 is 11.4 Å². The molecule has 0 amide bonds. The minimum absolute atomic E-state index is 0.122. The van der Waals surface area contributed by atoms with E-state index in [0.717, 1.165) is 43.0 Å². The summed E-state index contributed by atoms with van der Waals surface area (Å²) in [6.07, 6.45) is 13.1. The molecule has 0 atom stereocenters. The Bertz CT molecular complexity index is 2180. The maximum Gasteiger partial charge on any atom is 0.0907 e. The molecule has 6 aromatic rings. The summed E-state index contributed by atoms with van der Waals surface area (Å²) >= 11 is 0. The summed E-state index contributed by atoms with van der Waals surface area (Å²) in [4.78, 5) is 14.2. The number of aromatic nitrogens is 1. The van der Waals surface area contributed by atoms with Gasteiger partial charge < -0.3 is 0 Å². The number of benzene rings is 5. The summed E-state index contributed by atoms with van der Waals surface area (Å²) < 4.78 is 0. The normalized spacial score (nSPS) is 17.6. The molecule has 3 heterocycles. The van der Waals surface area contributed by atoms with Gasteiger partial charge >= 0.3 is 0 Å². The molecule has 260 valence electrons. The summed E-state index contributed by atoms with van der Waals surface area (Å²) in [5.74, 6) is 0. The predicted octanol–water partition coefficient (Wildman–Crippen LogP) is 10.9. The summed E-state index contributed by atoms with van der Waals surface area (Å²) in [7, 11) is 0. The van der Waals surface area contributed by atoms with E-state index < -0.39 is 0 Å². The largest absolute Gasteiger partial charge is 0.280 e. The molecule has 0 saturated heterocycles. The van der Waals surface area contributed by atoms with Crippen LogP contribution < -0.4 is 0 Å². The van der Waals surface area contributed by atoms with Gasteiger partial charge in [0.2, 0.25) is 0 Å². The Hall–Kier alpha value is -6.45. The minimum atomic E-state index is -0.142. The molecule has 0 N–H and O–H groups in total. The highest BCUT2D eigenvalue weighted by molar-refractivity contribution is 6.16. The molecule has 1 aromatic heterocycles. The number of pyridine rings is 1. The zero-order valence-electron chi connectivity index (χ0n) is 30.2. The topological polar surface area (TPSA) is 37.6 Å². The van der Waals surface area contributed by atoms with E-state index in [1.54, 1.807) is 0 Å². The number of hydrogen-bond donors (Lipinski definition) is 0. The highest BCUT2D eigenvalue weighted by Gasteiger charge is 2.39. The molecular formula is C51H41N3. The number of nitrogens with zero attached hydrogens (tertiary/aromatic N) is 3. The lowest BCUT2D eigenvalue weighted by atomic mass is 9.67. The Balaban J connectivity index is 0.000000142. The fourth-order valence-corrected chi connectivity index (χ4v) is 8.60. The van der Waals surface area contributed by atoms with Gasteiger partial charge in [0.15, 0.2) is 0 Å². The fourth-order valence-electron chi connectivity index (χ4n) is 8.60. The Morgan fingerprint density at radius 1 is 0.389 bits per heavy atom. The first-order valence-corrected chi connectivity index (χ1v) is 18.8. The van der Waals surface area contributed by atoms with Gasteiger partial charge in [-0.3, -0.25) is 15.0 Å². The Labute approximate surface area is 318 Å². The van der Waals surface area contributed by atoms with Crippen molar-refractivity contribution in [3.63, 3.8) is 0 Å². The van der Waals surface area contributed by atoms with Crippen LogP contribution >= 0.6 is 0 Å². The van der Waals surface area contributed by atoms with Crippen molar-refractivity contribution in [2.45, 2.75) is 23.7 Å². The third kappa shape index (κ3) is 6.12. The minimum Gasteiger partial charge on any atom is -0.280 e. The van der Waals surface area contributed by atoms with Gasteiger partial charge in [0.1, 0.15) is 0 Å². The lowest BCUT2D eigenvalue weighted by molar-refractivity contribution is 0.620. The van der Waals surface area contributed by atoms with Crippen LogP contribution in [0.1, 0.15) is 46.4 Å². The van der Waals surface area contributed by atoms with Crippen LogP contribution in [-0.4, -0.2) is 29.5 Å². The van der Waals surface area contributed by atoms with E-state index in [0.29, 0.717) is 0 Å². The summed E-state index contributed by atoms with van der Waals surface area (Å²) in [5.41, 5.74) is 14.8. The van der Waals surface area contributed by atoms with Crippen LogP contribution in [0.15, 0.2) is 233 Å². The second kappa shape index (κ2) is 14.5. The lowest BCUT2D eigenvalue weighted by Crippen LogP contribution is -2.29. The van der Waals surface area contributed by atoms with Gasteiger partial charge in [0, 0.05) is 33.7 Å². The zero-order valence-corrected chi connectivity index (χ0v) is 30.2. The molecule has 54 heavy (non-hydrogen) atoms. The van der Waals surface area contributed by atoms with E-state index in [2.05, 4.69) is 181 Å². The first-order valence-electron chi connectivity index (χ1n) is 18.8. The maximum absolute atomic E-state index is 4.89. The van der Waals surface area contributed by atoms with Crippen LogP contribution in [0.4, 0.5) is 0 Å². The fraction of sp³-hybridized carbons (Fsp3) is 0.118. The molecule has 2 aliphatic heterocycles. The van der Waals surface area contributed by atoms with Gasteiger partial charge in [-0.15, -0.1) is 0 Å². The van der Waals surface area contributed by atoms with E-state index in [4.69, 9.17) is 9.98 Å². The number of hydrogen-bond acceptors (Lipinski definition) is 3. The molecule has 2 aliphatic carbocycles. The van der Waals surface area contributed by atoms with Crippen LogP contribution in [0, 0.1) is 0 Å². The lowest BCUT2D eigenvalue weighted by Gasteiger charge is -2.35. The highest BCUT2D eigenvalue weighted by atomic mass is 14.8. The molecule has 0 radical (unpaired) electrons. The van der Waals surface area contributed by atoms with E-state index in [-0.39, 0.29) is 10.8 Å². The van der Waals surface area contributed by atoms with E-state index in [9.17, 15) is 0 Å². The summed E-state index contributed by atoms with van der Waals surface area (Å²) in [6, 6.07) is 59.9. The van der Waals surface area contributed by atoms with Crippen molar-refractivity contribution in [2.75, 3.05) is 13.1 Å². The van der Waals surface area contributed by atoms with Gasteiger partial charge in [-0.1, -0.05) is 182 Å². The average Bonchev–Trinajstić information content (AvgIpc) is 3.89. The van der Waals surface area contributed by atoms with Crippen LogP contribution in [0.3, 0.4) is 0 Å². The van der Waals surface area contributed by atoms with Crippen LogP contribution in [-0.2, 0) is 10.8 Å². The Morgan fingerprint density at radius 3 is 1.20 bits per heavy atom. The van der Waals surface area contributed by atoms with Crippen molar-refractivity contribution in [2.24, 2.45) is 9.98 Å². The molecule has 0 fully saturated rings. The Morgan fingerprint density at radius 2 is 0.778 bits per heavy atom. The molecule has 10 rings (SSSR count). The van der Waals surface area contributed by atoms with Crippen LogP contribution in [0.25, 0.3) is 0 Å². The predicted molar refractivity (Wildman–Crippen MR) is 222 cm³/mol. The van der Waals surface area contributed by atoms with E-state index in [1.165, 1.54) is 50.1 Å². The second-order valence-electron chi connectivity index (χ2n) is 14.4. The van der Waals surface area contributed by atoms with Gasteiger partial charge in [-0.25, -0.2) is 0 Å². The molecular weight excluding hydrogens is 655 g/mol. The third-order valence-electron chi connectivity index (χ3n) is 11.3. The first kappa shape index (κ1) is 33.4. The molecule has 3 heteroatoms. The van der Waals surface area contributed by atoms with Gasteiger partial charge in [0.25, 0.3) is 0 Å². The second-order valence-corrected chi connectivity index (χ2v) is 14.4. The van der Waals surface area contributed by atoms with Crippen molar-refractivity contribution < 1.29 is 0 Å². The smallest absolute Gasteiger partial charge is 0.0907 e. The van der Waals surface area contributed by atoms with Crippen molar-refractivity contribution in [1.82, 2.24) is 4.98 Å². The average molecular weight is 696 g/mol. The van der Waals surface area contributed by atoms with E-state index in [1.807, 2.05) is 24.4 Å². The number of aliphatic imine (C=N–C) groups is 2.